The first-order chi connectivity index (χ1) is 10.6. The van der Waals surface area contributed by atoms with Gasteiger partial charge in [0.2, 0.25) is 0 Å². The number of hydrogen-bond acceptors (Lipinski definition) is 1. The van der Waals surface area contributed by atoms with Gasteiger partial charge in [0.1, 0.15) is 5.78 Å². The van der Waals surface area contributed by atoms with Crippen molar-refractivity contribution in [3.8, 4) is 0 Å². The first-order valence-electron chi connectivity index (χ1n) is 9.77. The topological polar surface area (TPSA) is 17.1 Å². The van der Waals surface area contributed by atoms with Crippen molar-refractivity contribution >= 4 is 13.9 Å². The van der Waals surface area contributed by atoms with Crippen molar-refractivity contribution in [1.82, 2.24) is 0 Å². The second-order valence-electron chi connectivity index (χ2n) is 7.43. The van der Waals surface area contributed by atoms with Gasteiger partial charge >= 0.3 is 0 Å². The highest BCUT2D eigenvalue weighted by Crippen LogP contribution is 2.41. The van der Waals surface area contributed by atoms with E-state index in [1.807, 2.05) is 0 Å². The van der Waals surface area contributed by atoms with Crippen LogP contribution < -0.4 is 0 Å². The van der Waals surface area contributed by atoms with Crippen LogP contribution in [-0.4, -0.2) is 13.9 Å². The van der Waals surface area contributed by atoms with E-state index in [9.17, 15) is 4.79 Å². The van der Waals surface area contributed by atoms with Crippen LogP contribution in [0.1, 0.15) is 72.6 Å². The molecule has 0 heterocycles. The van der Waals surface area contributed by atoms with Crippen LogP contribution in [0.15, 0.2) is 12.2 Å². The molecule has 0 unspecified atom stereocenters. The van der Waals surface area contributed by atoms with Crippen molar-refractivity contribution in [3.05, 3.63) is 12.2 Å². The molecule has 1 nitrogen and oxygen atoms in total. The van der Waals surface area contributed by atoms with Crippen LogP contribution in [0.5, 0.6) is 0 Å². The molecule has 2 atom stereocenters. The summed E-state index contributed by atoms with van der Waals surface area (Å²) in [4.78, 5) is 12.0. The molecule has 0 aromatic rings. The van der Waals surface area contributed by atoms with Crippen LogP contribution >= 0.6 is 0 Å². The number of allylic oxidation sites excluding steroid dienone is 2. The summed E-state index contributed by atoms with van der Waals surface area (Å²) in [7, 11) is -1.10. The molecule has 0 spiro atoms. The fourth-order valence-electron chi connectivity index (χ4n) is 4.16. The standard InChI is InChI=1S/C20H38OSi/c1-5-9-10-11-12-13-14-18-15-20(21)16-19(18)17-22(6-2,7-3)8-4/h12-13,18-19H,5-11,14-17H2,1-4H3/b13-12-/t18-,19-/m1/s1. The van der Waals surface area contributed by atoms with E-state index in [2.05, 4.69) is 39.8 Å². The Morgan fingerprint density at radius 3 is 2.18 bits per heavy atom. The van der Waals surface area contributed by atoms with E-state index in [1.165, 1.54) is 49.9 Å². The highest BCUT2D eigenvalue weighted by molar-refractivity contribution is 6.79. The molecular formula is C20H38OSi. The number of ketones is 1. The summed E-state index contributed by atoms with van der Waals surface area (Å²) in [5.41, 5.74) is 0. The molecule has 2 heteroatoms. The predicted molar refractivity (Wildman–Crippen MR) is 101 cm³/mol. The molecule has 0 N–H and O–H groups in total. The first kappa shape index (κ1) is 19.7. The van der Waals surface area contributed by atoms with Gasteiger partial charge in [0, 0.05) is 12.8 Å². The van der Waals surface area contributed by atoms with Gasteiger partial charge in [0.05, 0.1) is 8.07 Å². The fourth-order valence-corrected chi connectivity index (χ4v) is 8.11. The number of hydrogen-bond donors (Lipinski definition) is 0. The Hall–Kier alpha value is -0.373. The third-order valence-electron chi connectivity index (χ3n) is 6.17. The van der Waals surface area contributed by atoms with E-state index < -0.39 is 8.07 Å². The third kappa shape index (κ3) is 6.02. The molecule has 0 radical (unpaired) electrons. The van der Waals surface area contributed by atoms with Crippen molar-refractivity contribution in [3.63, 3.8) is 0 Å². The lowest BCUT2D eigenvalue weighted by Gasteiger charge is -2.33. The second kappa shape index (κ2) is 10.4. The number of rotatable bonds is 11. The largest absolute Gasteiger partial charge is 0.300 e. The van der Waals surface area contributed by atoms with Crippen molar-refractivity contribution < 1.29 is 4.79 Å². The van der Waals surface area contributed by atoms with Gasteiger partial charge in [-0.15, -0.1) is 0 Å². The SMILES string of the molecule is CCCCC/C=C\C[C@@H]1CC(=O)C[C@@H]1C[Si](CC)(CC)CC. The van der Waals surface area contributed by atoms with Crippen LogP contribution in [0.25, 0.3) is 0 Å². The zero-order valence-electron chi connectivity index (χ0n) is 15.5. The quantitative estimate of drug-likeness (QED) is 0.237. The molecule has 0 bridgehead atoms. The van der Waals surface area contributed by atoms with Gasteiger partial charge in [0.25, 0.3) is 0 Å². The van der Waals surface area contributed by atoms with Gasteiger partial charge in [-0.25, -0.2) is 0 Å². The molecule has 1 fully saturated rings. The molecule has 0 saturated heterocycles. The molecule has 1 aliphatic carbocycles. The van der Waals surface area contributed by atoms with Gasteiger partial charge in [0.15, 0.2) is 0 Å². The summed E-state index contributed by atoms with van der Waals surface area (Å²) >= 11 is 0. The number of Topliss-reactive ketones (excluding diaryl/α,β-unsaturated/α-hetero) is 1. The average Bonchev–Trinajstić information content (AvgIpc) is 2.88. The summed E-state index contributed by atoms with van der Waals surface area (Å²) in [5.74, 6) is 1.87. The minimum Gasteiger partial charge on any atom is -0.300 e. The van der Waals surface area contributed by atoms with Crippen molar-refractivity contribution in [1.29, 1.82) is 0 Å². The zero-order chi connectivity index (χ0) is 16.4. The molecule has 0 aliphatic heterocycles. The first-order valence-corrected chi connectivity index (χ1v) is 12.6. The van der Waals surface area contributed by atoms with Crippen LogP contribution in [-0.2, 0) is 4.79 Å². The smallest absolute Gasteiger partial charge is 0.133 e. The van der Waals surface area contributed by atoms with Crippen LogP contribution in [0.2, 0.25) is 24.2 Å². The fraction of sp³-hybridized carbons (Fsp3) is 0.850. The monoisotopic (exact) mass is 322 g/mol. The van der Waals surface area contributed by atoms with Crippen LogP contribution in [0.4, 0.5) is 0 Å². The molecule has 0 amide bonds. The Bertz CT molecular complexity index is 335. The molecule has 128 valence electrons. The number of unbranched alkanes of at least 4 members (excludes halogenated alkanes) is 3. The van der Waals surface area contributed by atoms with E-state index in [0.29, 0.717) is 17.6 Å². The molecule has 1 saturated carbocycles. The maximum absolute atomic E-state index is 12.0. The third-order valence-corrected chi connectivity index (χ3v) is 12.1. The second-order valence-corrected chi connectivity index (χ2v) is 13.0. The van der Waals surface area contributed by atoms with Gasteiger partial charge < -0.3 is 0 Å². The highest BCUT2D eigenvalue weighted by atomic mass is 28.3. The Balaban J connectivity index is 2.52. The lowest BCUT2D eigenvalue weighted by Crippen LogP contribution is -2.34. The van der Waals surface area contributed by atoms with Gasteiger partial charge in [-0.2, -0.15) is 0 Å². The maximum Gasteiger partial charge on any atom is 0.133 e. The summed E-state index contributed by atoms with van der Waals surface area (Å²) in [5, 5.41) is 0. The number of carbonyl (C=O) groups excluding carboxylic acids is 1. The molecular weight excluding hydrogens is 284 g/mol. The van der Waals surface area contributed by atoms with E-state index in [4.69, 9.17) is 0 Å². The van der Waals surface area contributed by atoms with Gasteiger partial charge in [-0.05, 0) is 31.1 Å². The molecule has 22 heavy (non-hydrogen) atoms. The summed E-state index contributed by atoms with van der Waals surface area (Å²) in [6.07, 6.45) is 12.8. The Labute approximate surface area is 140 Å². The molecule has 1 rings (SSSR count). The highest BCUT2D eigenvalue weighted by Gasteiger charge is 2.38. The maximum atomic E-state index is 12.0. The summed E-state index contributed by atoms with van der Waals surface area (Å²) in [6, 6.07) is 5.58. The zero-order valence-corrected chi connectivity index (χ0v) is 16.5. The lowest BCUT2D eigenvalue weighted by atomic mass is 9.94. The van der Waals surface area contributed by atoms with Crippen LogP contribution in [0, 0.1) is 11.8 Å². The van der Waals surface area contributed by atoms with E-state index in [0.717, 1.165) is 19.3 Å². The molecule has 0 aromatic heterocycles. The normalized spacial score (nSPS) is 22.8. The van der Waals surface area contributed by atoms with E-state index in [1.54, 1.807) is 0 Å². The van der Waals surface area contributed by atoms with Crippen LogP contribution in [0.3, 0.4) is 0 Å². The Morgan fingerprint density at radius 2 is 1.59 bits per heavy atom. The van der Waals surface area contributed by atoms with E-state index in [-0.39, 0.29) is 0 Å². The van der Waals surface area contributed by atoms with Gasteiger partial charge in [-0.1, -0.05) is 76.9 Å². The van der Waals surface area contributed by atoms with Crippen molar-refractivity contribution in [2.75, 3.05) is 0 Å². The van der Waals surface area contributed by atoms with E-state index >= 15 is 0 Å². The van der Waals surface area contributed by atoms with Crippen molar-refractivity contribution in [2.24, 2.45) is 11.8 Å². The Kier molecular flexibility index (Phi) is 9.31. The average molecular weight is 323 g/mol. The summed E-state index contributed by atoms with van der Waals surface area (Å²) < 4.78 is 0. The Morgan fingerprint density at radius 1 is 0.955 bits per heavy atom. The van der Waals surface area contributed by atoms with Crippen molar-refractivity contribution in [2.45, 2.75) is 96.8 Å². The minimum absolute atomic E-state index is 0.528. The molecule has 0 aromatic carbocycles. The predicted octanol–water partition coefficient (Wildman–Crippen LogP) is 6.62. The molecule has 1 aliphatic rings. The minimum atomic E-state index is -1.10. The van der Waals surface area contributed by atoms with Gasteiger partial charge in [-0.3, -0.25) is 4.79 Å². The summed E-state index contributed by atoms with van der Waals surface area (Å²) in [6.45, 7) is 9.42. The number of carbonyl (C=O) groups is 1. The lowest BCUT2D eigenvalue weighted by molar-refractivity contribution is -0.117.